The van der Waals surface area contributed by atoms with E-state index in [0.717, 1.165) is 24.5 Å². The molecule has 72 valence electrons. The van der Waals surface area contributed by atoms with Gasteiger partial charge >= 0.3 is 0 Å². The molecule has 0 radical (unpaired) electrons. The van der Waals surface area contributed by atoms with Crippen molar-refractivity contribution in [2.24, 2.45) is 0 Å². The van der Waals surface area contributed by atoms with Crippen LogP contribution in [0.1, 0.15) is 17.8 Å². The van der Waals surface area contributed by atoms with Crippen molar-refractivity contribution in [3.63, 3.8) is 0 Å². The second kappa shape index (κ2) is 4.02. The summed E-state index contributed by atoms with van der Waals surface area (Å²) in [7, 11) is 0. The normalized spacial score (nSPS) is 23.0. The zero-order chi connectivity index (χ0) is 9.10. The molecule has 0 spiro atoms. The molecule has 0 bridgehead atoms. The van der Waals surface area contributed by atoms with E-state index in [1.165, 1.54) is 17.8 Å². The second-order valence-electron chi connectivity index (χ2n) is 3.17. The molecule has 2 heterocycles. The van der Waals surface area contributed by atoms with Crippen LogP contribution in [0, 0.1) is 6.92 Å². The molecule has 2 rings (SSSR count). The first-order valence-electron chi connectivity index (χ1n) is 4.52. The molecule has 0 amide bonds. The molecular formula is C8H13N3OS. The van der Waals surface area contributed by atoms with Crippen molar-refractivity contribution in [2.75, 3.05) is 13.1 Å². The Morgan fingerprint density at radius 1 is 1.54 bits per heavy atom. The lowest BCUT2D eigenvalue weighted by Crippen LogP contribution is -2.37. The van der Waals surface area contributed by atoms with E-state index in [4.69, 9.17) is 4.74 Å². The molecule has 0 aromatic carbocycles. The van der Waals surface area contributed by atoms with Gasteiger partial charge in [0.1, 0.15) is 11.1 Å². The lowest BCUT2D eigenvalue weighted by Gasteiger charge is -2.21. The summed E-state index contributed by atoms with van der Waals surface area (Å²) < 4.78 is 5.66. The minimum Gasteiger partial charge on any atom is -0.464 e. The number of ether oxygens (including phenoxy) is 1. The van der Waals surface area contributed by atoms with Crippen molar-refractivity contribution in [1.82, 2.24) is 15.5 Å². The van der Waals surface area contributed by atoms with Gasteiger partial charge in [-0.25, -0.2) is 0 Å². The summed E-state index contributed by atoms with van der Waals surface area (Å²) in [6.07, 6.45) is 2.58. The quantitative estimate of drug-likeness (QED) is 0.771. The lowest BCUT2D eigenvalue weighted by atomic mass is 10.1. The summed E-state index contributed by atoms with van der Waals surface area (Å²) in [5.41, 5.74) is 0. The average Bonchev–Trinajstić information content (AvgIpc) is 2.53. The topological polar surface area (TPSA) is 47.0 Å². The Morgan fingerprint density at radius 3 is 3.08 bits per heavy atom. The van der Waals surface area contributed by atoms with Crippen LogP contribution in [0.15, 0.2) is 0 Å². The molecule has 1 atom stereocenters. The van der Waals surface area contributed by atoms with Crippen molar-refractivity contribution in [3.05, 3.63) is 5.01 Å². The Balaban J connectivity index is 1.89. The first-order chi connectivity index (χ1) is 6.34. The van der Waals surface area contributed by atoms with Crippen LogP contribution in [0.5, 0.6) is 5.19 Å². The molecule has 0 saturated carbocycles. The number of hydrogen-bond acceptors (Lipinski definition) is 5. The molecule has 13 heavy (non-hydrogen) atoms. The highest BCUT2D eigenvalue weighted by Crippen LogP contribution is 2.19. The van der Waals surface area contributed by atoms with E-state index in [2.05, 4.69) is 15.5 Å². The zero-order valence-corrected chi connectivity index (χ0v) is 8.43. The van der Waals surface area contributed by atoms with Gasteiger partial charge in [0.15, 0.2) is 0 Å². The predicted octanol–water partition coefficient (Wildman–Crippen LogP) is 0.977. The molecule has 1 fully saturated rings. The van der Waals surface area contributed by atoms with E-state index in [9.17, 15) is 0 Å². The fourth-order valence-electron chi connectivity index (χ4n) is 1.39. The number of aromatic nitrogens is 2. The van der Waals surface area contributed by atoms with E-state index in [-0.39, 0.29) is 6.10 Å². The number of nitrogens with one attached hydrogen (secondary N) is 1. The third-order valence-corrected chi connectivity index (χ3v) is 2.76. The Kier molecular flexibility index (Phi) is 2.75. The van der Waals surface area contributed by atoms with Crippen molar-refractivity contribution in [3.8, 4) is 5.19 Å². The van der Waals surface area contributed by atoms with Crippen LogP contribution < -0.4 is 10.1 Å². The highest BCUT2D eigenvalue weighted by Gasteiger charge is 2.15. The predicted molar refractivity (Wildman–Crippen MR) is 51.2 cm³/mol. The van der Waals surface area contributed by atoms with E-state index >= 15 is 0 Å². The molecule has 1 aromatic rings. The maximum Gasteiger partial charge on any atom is 0.294 e. The third-order valence-electron chi connectivity index (χ3n) is 2.03. The van der Waals surface area contributed by atoms with Gasteiger partial charge in [0, 0.05) is 6.54 Å². The van der Waals surface area contributed by atoms with Crippen molar-refractivity contribution < 1.29 is 4.74 Å². The molecule has 0 aliphatic carbocycles. The van der Waals surface area contributed by atoms with Gasteiger partial charge < -0.3 is 10.1 Å². The highest BCUT2D eigenvalue weighted by molar-refractivity contribution is 7.12. The largest absolute Gasteiger partial charge is 0.464 e. The van der Waals surface area contributed by atoms with E-state index in [1.807, 2.05) is 6.92 Å². The fourth-order valence-corrected chi connectivity index (χ4v) is 1.99. The standard InChI is InChI=1S/C8H13N3OS/c1-6-10-11-8(13-6)12-7-3-2-4-9-5-7/h7,9H,2-5H2,1H3. The summed E-state index contributed by atoms with van der Waals surface area (Å²) in [5, 5.41) is 12.8. The zero-order valence-electron chi connectivity index (χ0n) is 7.62. The molecule has 1 unspecified atom stereocenters. The Bertz CT molecular complexity index is 270. The van der Waals surface area contributed by atoms with E-state index in [1.54, 1.807) is 0 Å². The van der Waals surface area contributed by atoms with Crippen molar-refractivity contribution >= 4 is 11.3 Å². The van der Waals surface area contributed by atoms with Crippen LogP contribution in [0.25, 0.3) is 0 Å². The SMILES string of the molecule is Cc1nnc(OC2CCCNC2)s1. The van der Waals surface area contributed by atoms with Gasteiger partial charge in [-0.3, -0.25) is 0 Å². The first-order valence-corrected chi connectivity index (χ1v) is 5.34. The summed E-state index contributed by atoms with van der Waals surface area (Å²) >= 11 is 1.51. The summed E-state index contributed by atoms with van der Waals surface area (Å²) in [6.45, 7) is 3.97. The highest BCUT2D eigenvalue weighted by atomic mass is 32.1. The Morgan fingerprint density at radius 2 is 2.46 bits per heavy atom. The first kappa shape index (κ1) is 8.90. The van der Waals surface area contributed by atoms with Crippen LogP contribution in [-0.4, -0.2) is 29.4 Å². The van der Waals surface area contributed by atoms with Gasteiger partial charge in [-0.15, -0.1) is 10.2 Å². The molecule has 5 heteroatoms. The molecular weight excluding hydrogens is 186 g/mol. The second-order valence-corrected chi connectivity index (χ2v) is 4.32. The number of aryl methyl sites for hydroxylation is 1. The fraction of sp³-hybridized carbons (Fsp3) is 0.750. The van der Waals surface area contributed by atoms with Gasteiger partial charge in [-0.2, -0.15) is 0 Å². The third kappa shape index (κ3) is 2.38. The van der Waals surface area contributed by atoms with Crippen LogP contribution in [0.3, 0.4) is 0 Å². The van der Waals surface area contributed by atoms with Gasteiger partial charge in [-0.1, -0.05) is 11.3 Å². The summed E-state index contributed by atoms with van der Waals surface area (Å²) in [4.78, 5) is 0. The van der Waals surface area contributed by atoms with Crippen LogP contribution >= 0.6 is 11.3 Å². The maximum atomic E-state index is 5.66. The van der Waals surface area contributed by atoms with Crippen LogP contribution in [-0.2, 0) is 0 Å². The smallest absolute Gasteiger partial charge is 0.294 e. The van der Waals surface area contributed by atoms with Gasteiger partial charge in [-0.05, 0) is 26.3 Å². The van der Waals surface area contributed by atoms with Crippen molar-refractivity contribution in [1.29, 1.82) is 0 Å². The summed E-state index contributed by atoms with van der Waals surface area (Å²) in [5.74, 6) is 0. The van der Waals surface area contributed by atoms with Crippen molar-refractivity contribution in [2.45, 2.75) is 25.9 Å². The monoisotopic (exact) mass is 199 g/mol. The minimum absolute atomic E-state index is 0.279. The lowest BCUT2D eigenvalue weighted by molar-refractivity contribution is 0.165. The molecule has 1 saturated heterocycles. The van der Waals surface area contributed by atoms with Crippen LogP contribution in [0.4, 0.5) is 0 Å². The molecule has 1 aromatic heterocycles. The maximum absolute atomic E-state index is 5.66. The van der Waals surface area contributed by atoms with Gasteiger partial charge in [0.2, 0.25) is 0 Å². The molecule has 1 N–H and O–H groups in total. The number of rotatable bonds is 2. The van der Waals surface area contributed by atoms with Crippen LogP contribution in [0.2, 0.25) is 0 Å². The minimum atomic E-state index is 0.279. The molecule has 4 nitrogen and oxygen atoms in total. The van der Waals surface area contributed by atoms with Gasteiger partial charge in [0.05, 0.1) is 0 Å². The Labute approximate surface area is 81.3 Å². The number of nitrogens with zero attached hydrogens (tertiary/aromatic N) is 2. The number of hydrogen-bond donors (Lipinski definition) is 1. The molecule has 1 aliphatic heterocycles. The summed E-state index contributed by atoms with van der Waals surface area (Å²) in [6, 6.07) is 0. The molecule has 1 aliphatic rings. The average molecular weight is 199 g/mol. The van der Waals surface area contributed by atoms with Gasteiger partial charge in [0.25, 0.3) is 5.19 Å². The Hall–Kier alpha value is -0.680. The number of piperidine rings is 1. The van der Waals surface area contributed by atoms with E-state index < -0.39 is 0 Å². The van der Waals surface area contributed by atoms with E-state index in [0.29, 0.717) is 5.19 Å².